The molecule has 0 spiro atoms. The molecule has 4 heteroatoms. The van der Waals surface area contributed by atoms with Crippen LogP contribution in [-0.4, -0.2) is 19.6 Å². The maximum absolute atomic E-state index is 12.4. The molecule has 20 heavy (non-hydrogen) atoms. The summed E-state index contributed by atoms with van der Waals surface area (Å²) in [7, 11) is 1.67. The molecule has 1 aromatic rings. The number of ether oxygens (including phenoxy) is 1. The van der Waals surface area contributed by atoms with Crippen LogP contribution in [-0.2, 0) is 22.7 Å². The third-order valence-corrected chi connectivity index (χ3v) is 4.08. The van der Waals surface area contributed by atoms with Crippen molar-refractivity contribution in [3.8, 4) is 0 Å². The van der Waals surface area contributed by atoms with Gasteiger partial charge in [-0.15, -0.1) is 0 Å². The van der Waals surface area contributed by atoms with E-state index < -0.39 is 5.41 Å². The van der Waals surface area contributed by atoms with Crippen molar-refractivity contribution < 1.29 is 9.53 Å². The standard InChI is InChI=1S/C16H26N2O2/c1-4-16(5-2,12-17)15(19)18-10-13-8-6-7-9-14(13)11-20-3/h6-9H,4-5,10-12,17H2,1-3H3,(H,18,19). The Morgan fingerprint density at radius 3 is 2.35 bits per heavy atom. The fourth-order valence-corrected chi connectivity index (χ4v) is 2.34. The molecule has 1 aromatic carbocycles. The average Bonchev–Trinajstić information content (AvgIpc) is 2.49. The first-order valence-corrected chi connectivity index (χ1v) is 7.17. The second kappa shape index (κ2) is 8.02. The van der Waals surface area contributed by atoms with Crippen molar-refractivity contribution in [2.75, 3.05) is 13.7 Å². The Kier molecular flexibility index (Phi) is 6.68. The van der Waals surface area contributed by atoms with Gasteiger partial charge in [-0.1, -0.05) is 38.1 Å². The van der Waals surface area contributed by atoms with Gasteiger partial charge in [-0.3, -0.25) is 4.79 Å². The zero-order chi connectivity index (χ0) is 15.0. The number of hydrogen-bond acceptors (Lipinski definition) is 3. The molecule has 4 nitrogen and oxygen atoms in total. The maximum atomic E-state index is 12.4. The van der Waals surface area contributed by atoms with Crippen LogP contribution < -0.4 is 11.1 Å². The summed E-state index contributed by atoms with van der Waals surface area (Å²) in [6, 6.07) is 7.97. The van der Waals surface area contributed by atoms with Crippen LogP contribution in [0.5, 0.6) is 0 Å². The van der Waals surface area contributed by atoms with Crippen LogP contribution in [0, 0.1) is 5.41 Å². The first kappa shape index (κ1) is 16.7. The number of nitrogens with one attached hydrogen (secondary N) is 1. The molecule has 0 bridgehead atoms. The van der Waals surface area contributed by atoms with Crippen LogP contribution in [0.2, 0.25) is 0 Å². The Morgan fingerprint density at radius 1 is 1.25 bits per heavy atom. The number of carbonyl (C=O) groups excluding carboxylic acids is 1. The molecule has 0 radical (unpaired) electrons. The van der Waals surface area contributed by atoms with Crippen LogP contribution in [0.15, 0.2) is 24.3 Å². The molecular weight excluding hydrogens is 252 g/mol. The highest BCUT2D eigenvalue weighted by Gasteiger charge is 2.32. The van der Waals surface area contributed by atoms with Crippen molar-refractivity contribution in [3.05, 3.63) is 35.4 Å². The van der Waals surface area contributed by atoms with E-state index in [1.165, 1.54) is 0 Å². The first-order chi connectivity index (χ1) is 9.63. The van der Waals surface area contributed by atoms with E-state index in [1.807, 2.05) is 38.1 Å². The lowest BCUT2D eigenvalue weighted by Crippen LogP contribution is -2.45. The van der Waals surface area contributed by atoms with Gasteiger partial charge in [0.1, 0.15) is 0 Å². The Bertz CT molecular complexity index is 420. The molecule has 0 atom stereocenters. The molecule has 0 saturated heterocycles. The predicted octanol–water partition coefficient (Wildman–Crippen LogP) is 2.21. The smallest absolute Gasteiger partial charge is 0.227 e. The normalized spacial score (nSPS) is 11.4. The fraction of sp³-hybridized carbons (Fsp3) is 0.562. The lowest BCUT2D eigenvalue weighted by Gasteiger charge is -2.28. The molecule has 1 amide bonds. The Labute approximate surface area is 121 Å². The molecule has 0 heterocycles. The van der Waals surface area contributed by atoms with E-state index in [9.17, 15) is 4.79 Å². The Morgan fingerprint density at radius 2 is 1.85 bits per heavy atom. The topological polar surface area (TPSA) is 64.4 Å². The van der Waals surface area contributed by atoms with Crippen LogP contribution in [0.3, 0.4) is 0 Å². The third kappa shape index (κ3) is 3.81. The molecule has 0 aliphatic rings. The second-order valence-corrected chi connectivity index (χ2v) is 5.08. The van der Waals surface area contributed by atoms with Crippen molar-refractivity contribution >= 4 is 5.91 Å². The van der Waals surface area contributed by atoms with Gasteiger partial charge in [-0.2, -0.15) is 0 Å². The zero-order valence-electron chi connectivity index (χ0n) is 12.7. The van der Waals surface area contributed by atoms with Crippen molar-refractivity contribution in [2.45, 2.75) is 39.8 Å². The van der Waals surface area contributed by atoms with E-state index in [4.69, 9.17) is 10.5 Å². The van der Waals surface area contributed by atoms with Gasteiger partial charge in [0.15, 0.2) is 0 Å². The van der Waals surface area contributed by atoms with Crippen molar-refractivity contribution in [1.82, 2.24) is 5.32 Å². The molecule has 3 N–H and O–H groups in total. The van der Waals surface area contributed by atoms with Crippen LogP contribution in [0.4, 0.5) is 0 Å². The predicted molar refractivity (Wildman–Crippen MR) is 81.1 cm³/mol. The van der Waals surface area contributed by atoms with Gasteiger partial charge in [0.05, 0.1) is 12.0 Å². The highest BCUT2D eigenvalue weighted by Crippen LogP contribution is 2.25. The fourth-order valence-electron chi connectivity index (χ4n) is 2.34. The van der Waals surface area contributed by atoms with Crippen molar-refractivity contribution in [3.63, 3.8) is 0 Å². The van der Waals surface area contributed by atoms with E-state index in [-0.39, 0.29) is 5.91 Å². The summed E-state index contributed by atoms with van der Waals surface area (Å²) in [6.45, 7) is 5.46. The summed E-state index contributed by atoms with van der Waals surface area (Å²) in [5, 5.41) is 3.02. The quantitative estimate of drug-likeness (QED) is 0.766. The van der Waals surface area contributed by atoms with Gasteiger partial charge in [-0.05, 0) is 24.0 Å². The van der Waals surface area contributed by atoms with E-state index in [0.717, 1.165) is 24.0 Å². The number of hydrogen-bond donors (Lipinski definition) is 2. The van der Waals surface area contributed by atoms with E-state index in [1.54, 1.807) is 7.11 Å². The lowest BCUT2D eigenvalue weighted by atomic mass is 9.81. The summed E-state index contributed by atoms with van der Waals surface area (Å²) in [6.07, 6.45) is 1.51. The molecule has 0 aliphatic heterocycles. The highest BCUT2D eigenvalue weighted by atomic mass is 16.5. The SMILES string of the molecule is CCC(CC)(CN)C(=O)NCc1ccccc1COC. The van der Waals surface area contributed by atoms with Gasteiger partial charge in [0.2, 0.25) is 5.91 Å². The van der Waals surface area contributed by atoms with Gasteiger partial charge in [-0.25, -0.2) is 0 Å². The molecule has 0 unspecified atom stereocenters. The van der Waals surface area contributed by atoms with E-state index >= 15 is 0 Å². The van der Waals surface area contributed by atoms with Gasteiger partial charge >= 0.3 is 0 Å². The maximum Gasteiger partial charge on any atom is 0.227 e. The van der Waals surface area contributed by atoms with Crippen molar-refractivity contribution in [2.24, 2.45) is 11.1 Å². The minimum absolute atomic E-state index is 0.0391. The molecule has 0 saturated carbocycles. The Hall–Kier alpha value is -1.39. The summed E-state index contributed by atoms with van der Waals surface area (Å²) in [4.78, 5) is 12.4. The number of benzene rings is 1. The number of nitrogens with two attached hydrogens (primary N) is 1. The third-order valence-electron chi connectivity index (χ3n) is 4.08. The van der Waals surface area contributed by atoms with Crippen molar-refractivity contribution in [1.29, 1.82) is 0 Å². The summed E-state index contributed by atoms with van der Waals surface area (Å²) >= 11 is 0. The summed E-state index contributed by atoms with van der Waals surface area (Å²) in [5.41, 5.74) is 7.53. The highest BCUT2D eigenvalue weighted by molar-refractivity contribution is 5.82. The minimum Gasteiger partial charge on any atom is -0.380 e. The number of rotatable bonds is 8. The summed E-state index contributed by atoms with van der Waals surface area (Å²) < 4.78 is 5.17. The molecule has 0 fully saturated rings. The number of methoxy groups -OCH3 is 1. The first-order valence-electron chi connectivity index (χ1n) is 7.17. The minimum atomic E-state index is -0.448. The van der Waals surface area contributed by atoms with Crippen LogP contribution in [0.25, 0.3) is 0 Å². The van der Waals surface area contributed by atoms with Crippen LogP contribution in [0.1, 0.15) is 37.8 Å². The molecule has 0 aliphatic carbocycles. The van der Waals surface area contributed by atoms with Gasteiger partial charge in [0.25, 0.3) is 0 Å². The van der Waals surface area contributed by atoms with Gasteiger partial charge in [0, 0.05) is 20.2 Å². The molecule has 112 valence electrons. The largest absolute Gasteiger partial charge is 0.380 e. The summed E-state index contributed by atoms with van der Waals surface area (Å²) in [5.74, 6) is 0.0391. The number of amides is 1. The van der Waals surface area contributed by atoms with Gasteiger partial charge < -0.3 is 15.8 Å². The van der Waals surface area contributed by atoms with E-state index in [0.29, 0.717) is 19.7 Å². The van der Waals surface area contributed by atoms with Crippen LogP contribution >= 0.6 is 0 Å². The average molecular weight is 278 g/mol. The second-order valence-electron chi connectivity index (χ2n) is 5.08. The lowest BCUT2D eigenvalue weighted by molar-refractivity contribution is -0.131. The molecular formula is C16H26N2O2. The number of carbonyl (C=O) groups is 1. The molecule has 0 aromatic heterocycles. The monoisotopic (exact) mass is 278 g/mol. The molecule has 1 rings (SSSR count). The van der Waals surface area contributed by atoms with E-state index in [2.05, 4.69) is 5.32 Å². The Balaban J connectivity index is 2.74. The zero-order valence-corrected chi connectivity index (χ0v) is 12.7.